The Hall–Kier alpha value is -1.03. The first-order chi connectivity index (χ1) is 10.2. The predicted molar refractivity (Wildman–Crippen MR) is 89.2 cm³/mol. The fourth-order valence-corrected chi connectivity index (χ4v) is 3.71. The molecular weight excluding hydrogens is 330 g/mol. The third kappa shape index (κ3) is 4.00. The van der Waals surface area contributed by atoms with Gasteiger partial charge in [-0.05, 0) is 36.5 Å². The first-order valence-electron chi connectivity index (χ1n) is 7.86. The number of halogens is 1. The third-order valence-electron chi connectivity index (χ3n) is 3.94. The summed E-state index contributed by atoms with van der Waals surface area (Å²) in [7, 11) is 0. The molecule has 1 unspecified atom stereocenters. The van der Waals surface area contributed by atoms with Gasteiger partial charge in [0.15, 0.2) is 0 Å². The summed E-state index contributed by atoms with van der Waals surface area (Å²) in [5, 5.41) is 2.87. The zero-order chi connectivity index (χ0) is 15.2. The lowest BCUT2D eigenvalue weighted by atomic mass is 9.90. The molecule has 0 bridgehead atoms. The number of amides is 1. The van der Waals surface area contributed by atoms with E-state index in [9.17, 15) is 4.79 Å². The van der Waals surface area contributed by atoms with Gasteiger partial charge in [-0.25, -0.2) is 0 Å². The smallest absolute Gasteiger partial charge is 0.255 e. The molecule has 116 valence electrons. The van der Waals surface area contributed by atoms with Gasteiger partial charge in [-0.15, -0.1) is 0 Å². The van der Waals surface area contributed by atoms with E-state index in [0.717, 1.165) is 0 Å². The Balaban J connectivity index is 2.25. The lowest BCUT2D eigenvalue weighted by Gasteiger charge is -2.23. The van der Waals surface area contributed by atoms with Crippen LogP contribution in [0.3, 0.4) is 0 Å². The molecule has 0 aliphatic carbocycles. The van der Waals surface area contributed by atoms with Crippen LogP contribution in [0.5, 0.6) is 5.75 Å². The fraction of sp³-hybridized carbons (Fsp3) is 0.588. The molecule has 4 heteroatoms. The molecule has 1 aliphatic rings. The van der Waals surface area contributed by atoms with Gasteiger partial charge in [0.1, 0.15) is 12.4 Å². The monoisotopic (exact) mass is 353 g/mol. The quantitative estimate of drug-likeness (QED) is 0.766. The van der Waals surface area contributed by atoms with Gasteiger partial charge < -0.3 is 10.1 Å². The van der Waals surface area contributed by atoms with E-state index < -0.39 is 0 Å². The second-order valence-electron chi connectivity index (χ2n) is 5.60. The first kappa shape index (κ1) is 16.3. The van der Waals surface area contributed by atoms with Crippen molar-refractivity contribution in [1.29, 1.82) is 0 Å². The average molecular weight is 354 g/mol. The highest BCUT2D eigenvalue weighted by atomic mass is 79.9. The topological polar surface area (TPSA) is 38.3 Å². The van der Waals surface area contributed by atoms with Crippen LogP contribution in [0.25, 0.3) is 0 Å². The maximum atomic E-state index is 12.1. The van der Waals surface area contributed by atoms with E-state index in [2.05, 4.69) is 41.2 Å². The number of carbonyl (C=O) groups excluding carboxylic acids is 1. The van der Waals surface area contributed by atoms with Crippen LogP contribution in [0.1, 0.15) is 60.3 Å². The second-order valence-corrected chi connectivity index (χ2v) is 6.59. The summed E-state index contributed by atoms with van der Waals surface area (Å²) < 4.78 is 5.61. The number of benzene rings is 1. The van der Waals surface area contributed by atoms with Gasteiger partial charge in [-0.3, -0.25) is 4.79 Å². The van der Waals surface area contributed by atoms with Gasteiger partial charge in [-0.2, -0.15) is 0 Å². The number of hydrogen-bond donors (Lipinski definition) is 1. The number of rotatable bonds is 6. The minimum absolute atomic E-state index is 0.0356. The summed E-state index contributed by atoms with van der Waals surface area (Å²) in [5.74, 6) is 1.26. The molecule has 0 spiro atoms. The number of alkyl halides is 1. The number of hydrogen-bond acceptors (Lipinski definition) is 2. The van der Waals surface area contributed by atoms with E-state index in [-0.39, 0.29) is 5.91 Å². The Morgan fingerprint density at radius 2 is 2.00 bits per heavy atom. The van der Waals surface area contributed by atoms with Crippen LogP contribution in [0.2, 0.25) is 0 Å². The molecule has 1 aromatic carbocycles. The van der Waals surface area contributed by atoms with E-state index in [0.29, 0.717) is 35.2 Å². The highest BCUT2D eigenvalue weighted by molar-refractivity contribution is 9.09. The van der Waals surface area contributed by atoms with E-state index in [1.54, 1.807) is 0 Å². The molecule has 0 radical (unpaired) electrons. The van der Waals surface area contributed by atoms with Crippen molar-refractivity contribution in [3.05, 3.63) is 29.3 Å². The highest BCUT2D eigenvalue weighted by Crippen LogP contribution is 2.38. The Bertz CT molecular complexity index is 484. The standard InChI is InChI=1S/C17H24BrNO2/c1-3-5-12(6-4-2)16(18)13-7-8-15-14(11-13)17(20)19-9-10-21-15/h7-8,11-12,16H,3-6,9-10H2,1-2H3,(H,19,20). The summed E-state index contributed by atoms with van der Waals surface area (Å²) >= 11 is 3.85. The maximum absolute atomic E-state index is 12.1. The molecule has 21 heavy (non-hydrogen) atoms. The number of fused-ring (bicyclic) bond motifs is 1. The molecule has 1 aliphatic heterocycles. The van der Waals surface area contributed by atoms with Crippen molar-refractivity contribution >= 4 is 21.8 Å². The summed E-state index contributed by atoms with van der Waals surface area (Å²) in [5.41, 5.74) is 1.82. The highest BCUT2D eigenvalue weighted by Gasteiger charge is 2.23. The van der Waals surface area contributed by atoms with Gasteiger partial charge in [0, 0.05) is 4.83 Å². The van der Waals surface area contributed by atoms with Gasteiger partial charge in [0.2, 0.25) is 0 Å². The summed E-state index contributed by atoms with van der Waals surface area (Å²) in [6.07, 6.45) is 4.76. The molecule has 1 atom stereocenters. The van der Waals surface area contributed by atoms with Crippen LogP contribution in [0.15, 0.2) is 18.2 Å². The van der Waals surface area contributed by atoms with Crippen LogP contribution < -0.4 is 10.1 Å². The van der Waals surface area contributed by atoms with Crippen LogP contribution in [0.4, 0.5) is 0 Å². The normalized spacial score (nSPS) is 15.9. The van der Waals surface area contributed by atoms with Gasteiger partial charge >= 0.3 is 0 Å². The van der Waals surface area contributed by atoms with Gasteiger partial charge in [0.05, 0.1) is 12.1 Å². The Labute approximate surface area is 135 Å². The number of nitrogens with one attached hydrogen (secondary N) is 1. The van der Waals surface area contributed by atoms with Crippen molar-refractivity contribution in [2.45, 2.75) is 44.4 Å². The van der Waals surface area contributed by atoms with Crippen LogP contribution >= 0.6 is 15.9 Å². The van der Waals surface area contributed by atoms with Crippen molar-refractivity contribution < 1.29 is 9.53 Å². The van der Waals surface area contributed by atoms with E-state index >= 15 is 0 Å². The molecule has 1 amide bonds. The van der Waals surface area contributed by atoms with E-state index in [1.807, 2.05) is 12.1 Å². The minimum atomic E-state index is -0.0356. The summed E-state index contributed by atoms with van der Waals surface area (Å²) in [6.45, 7) is 5.54. The third-order valence-corrected chi connectivity index (χ3v) is 5.22. The minimum Gasteiger partial charge on any atom is -0.491 e. The van der Waals surface area contributed by atoms with E-state index in [4.69, 9.17) is 4.74 Å². The van der Waals surface area contributed by atoms with Crippen LogP contribution in [-0.2, 0) is 0 Å². The molecule has 2 rings (SSSR count). The zero-order valence-electron chi connectivity index (χ0n) is 12.8. The lowest BCUT2D eigenvalue weighted by Crippen LogP contribution is -2.24. The fourth-order valence-electron chi connectivity index (χ4n) is 2.89. The number of carbonyl (C=O) groups is 1. The van der Waals surface area contributed by atoms with Crippen molar-refractivity contribution in [2.24, 2.45) is 5.92 Å². The molecule has 0 fully saturated rings. The molecule has 0 aromatic heterocycles. The average Bonchev–Trinajstić information content (AvgIpc) is 2.68. The van der Waals surface area contributed by atoms with Gasteiger partial charge in [0.25, 0.3) is 5.91 Å². The Kier molecular flexibility index (Phi) is 6.09. The lowest BCUT2D eigenvalue weighted by molar-refractivity contribution is 0.0957. The Morgan fingerprint density at radius 3 is 2.67 bits per heavy atom. The largest absolute Gasteiger partial charge is 0.491 e. The molecule has 1 heterocycles. The maximum Gasteiger partial charge on any atom is 0.255 e. The predicted octanol–water partition coefficient (Wildman–Crippen LogP) is 4.46. The Morgan fingerprint density at radius 1 is 1.29 bits per heavy atom. The molecule has 3 nitrogen and oxygen atoms in total. The molecule has 1 N–H and O–H groups in total. The second kappa shape index (κ2) is 7.83. The van der Waals surface area contributed by atoms with Crippen molar-refractivity contribution in [2.75, 3.05) is 13.2 Å². The molecule has 0 saturated heterocycles. The summed E-state index contributed by atoms with van der Waals surface area (Å²) in [6, 6.07) is 5.99. The zero-order valence-corrected chi connectivity index (χ0v) is 14.4. The van der Waals surface area contributed by atoms with Crippen molar-refractivity contribution in [1.82, 2.24) is 5.32 Å². The van der Waals surface area contributed by atoms with Crippen molar-refractivity contribution in [3.8, 4) is 5.75 Å². The first-order valence-corrected chi connectivity index (χ1v) is 8.78. The van der Waals surface area contributed by atoms with Crippen molar-refractivity contribution in [3.63, 3.8) is 0 Å². The molecule has 0 saturated carbocycles. The van der Waals surface area contributed by atoms with Crippen LogP contribution in [0, 0.1) is 5.92 Å². The number of ether oxygens (including phenoxy) is 1. The van der Waals surface area contributed by atoms with Crippen LogP contribution in [-0.4, -0.2) is 19.1 Å². The SMILES string of the molecule is CCCC(CCC)C(Br)c1ccc2c(c1)C(=O)NCCO2. The summed E-state index contributed by atoms with van der Waals surface area (Å²) in [4.78, 5) is 12.4. The van der Waals surface area contributed by atoms with E-state index in [1.165, 1.54) is 31.2 Å². The van der Waals surface area contributed by atoms with Gasteiger partial charge in [-0.1, -0.05) is 48.7 Å². The molecular formula is C17H24BrNO2. The molecule has 1 aromatic rings.